The fourth-order valence-corrected chi connectivity index (χ4v) is 1.96. The number of nitrogens with zero attached hydrogens (tertiary/aromatic N) is 3. The average molecular weight is 233 g/mol. The molecule has 0 spiro atoms. The van der Waals surface area contributed by atoms with Crippen LogP contribution in [0.4, 0.5) is 11.8 Å². The van der Waals surface area contributed by atoms with Crippen molar-refractivity contribution in [1.29, 1.82) is 0 Å². The number of anilines is 2. The van der Waals surface area contributed by atoms with Gasteiger partial charge in [0.15, 0.2) is 0 Å². The smallest absolute Gasteiger partial charge is 0.223 e. The lowest BCUT2D eigenvalue weighted by molar-refractivity contribution is 1.06. The Kier molecular flexibility index (Phi) is 3.21. The van der Waals surface area contributed by atoms with Gasteiger partial charge in [0.05, 0.1) is 0 Å². The number of hydrogen-bond acceptors (Lipinski definition) is 6. The number of nitrogen functional groups attached to an aromatic ring is 1. The number of aromatic nitrogens is 3. The third-order valence-electron chi connectivity index (χ3n) is 1.85. The summed E-state index contributed by atoms with van der Waals surface area (Å²) in [5.74, 6) is 0.979. The zero-order chi connectivity index (χ0) is 11.4. The Morgan fingerprint density at radius 3 is 2.69 bits per heavy atom. The van der Waals surface area contributed by atoms with E-state index < -0.39 is 0 Å². The van der Waals surface area contributed by atoms with Gasteiger partial charge in [-0.2, -0.15) is 4.98 Å². The molecule has 0 aliphatic heterocycles. The molecule has 0 bridgehead atoms. The van der Waals surface area contributed by atoms with Gasteiger partial charge in [-0.05, 0) is 12.1 Å². The average Bonchev–Trinajstić information content (AvgIpc) is 2.29. The fourth-order valence-electron chi connectivity index (χ4n) is 1.15. The number of nitrogens with two attached hydrogens (primary N) is 1. The number of hydrogen-bond donors (Lipinski definition) is 2. The molecule has 2 aromatic heterocycles. The fraction of sp³-hybridized carbons (Fsp3) is 0.100. The van der Waals surface area contributed by atoms with Crippen molar-refractivity contribution in [2.45, 2.75) is 9.92 Å². The minimum absolute atomic E-state index is 0.267. The molecule has 0 amide bonds. The third kappa shape index (κ3) is 2.60. The second-order valence-electron chi connectivity index (χ2n) is 2.98. The summed E-state index contributed by atoms with van der Waals surface area (Å²) >= 11 is 1.52. The summed E-state index contributed by atoms with van der Waals surface area (Å²) in [6, 6.07) is 5.69. The first kappa shape index (κ1) is 10.7. The van der Waals surface area contributed by atoms with E-state index in [9.17, 15) is 0 Å². The summed E-state index contributed by atoms with van der Waals surface area (Å²) in [5.41, 5.74) is 5.60. The van der Waals surface area contributed by atoms with E-state index in [1.54, 1.807) is 19.4 Å². The molecule has 3 N–H and O–H groups in total. The van der Waals surface area contributed by atoms with Crippen molar-refractivity contribution in [3.63, 3.8) is 0 Å². The molecule has 82 valence electrons. The first-order valence-electron chi connectivity index (χ1n) is 4.68. The highest BCUT2D eigenvalue weighted by Crippen LogP contribution is 2.26. The number of pyridine rings is 1. The van der Waals surface area contributed by atoms with Gasteiger partial charge in [-0.25, -0.2) is 4.98 Å². The quantitative estimate of drug-likeness (QED) is 0.785. The van der Waals surface area contributed by atoms with Crippen molar-refractivity contribution >= 4 is 23.5 Å². The maximum atomic E-state index is 5.60. The van der Waals surface area contributed by atoms with Crippen LogP contribution in [0.2, 0.25) is 0 Å². The topological polar surface area (TPSA) is 76.7 Å². The van der Waals surface area contributed by atoms with Gasteiger partial charge in [0.1, 0.15) is 10.8 Å². The lowest BCUT2D eigenvalue weighted by Crippen LogP contribution is -2.00. The van der Waals surface area contributed by atoms with E-state index in [0.717, 1.165) is 9.92 Å². The summed E-state index contributed by atoms with van der Waals surface area (Å²) < 4.78 is 0. The van der Waals surface area contributed by atoms with Crippen molar-refractivity contribution in [3.05, 3.63) is 30.6 Å². The van der Waals surface area contributed by atoms with E-state index in [1.807, 2.05) is 18.2 Å². The largest absolute Gasteiger partial charge is 0.373 e. The molecule has 6 heteroatoms. The van der Waals surface area contributed by atoms with Gasteiger partial charge in [0.2, 0.25) is 5.95 Å². The lowest BCUT2D eigenvalue weighted by atomic mass is 10.5. The standard InChI is InChI=1S/C10H11N5S/c1-12-8-6-9(15-10(11)14-8)16-7-2-4-13-5-3-7/h2-6H,1H3,(H3,11,12,14,15). The van der Waals surface area contributed by atoms with E-state index in [2.05, 4.69) is 20.3 Å². The van der Waals surface area contributed by atoms with E-state index in [-0.39, 0.29) is 5.95 Å². The van der Waals surface area contributed by atoms with Crippen LogP contribution in [0.3, 0.4) is 0 Å². The van der Waals surface area contributed by atoms with Crippen LogP contribution in [0, 0.1) is 0 Å². The van der Waals surface area contributed by atoms with Crippen LogP contribution in [0.1, 0.15) is 0 Å². The maximum Gasteiger partial charge on any atom is 0.223 e. The molecule has 2 heterocycles. The van der Waals surface area contributed by atoms with Gasteiger partial charge >= 0.3 is 0 Å². The normalized spacial score (nSPS) is 10.1. The van der Waals surface area contributed by atoms with Crippen molar-refractivity contribution in [3.8, 4) is 0 Å². The first-order chi connectivity index (χ1) is 7.78. The molecular weight excluding hydrogens is 222 g/mol. The highest BCUT2D eigenvalue weighted by molar-refractivity contribution is 7.99. The van der Waals surface area contributed by atoms with Crippen molar-refractivity contribution in [1.82, 2.24) is 15.0 Å². The van der Waals surface area contributed by atoms with Crippen molar-refractivity contribution in [2.24, 2.45) is 0 Å². The molecule has 0 atom stereocenters. The molecule has 0 aromatic carbocycles. The van der Waals surface area contributed by atoms with E-state index in [1.165, 1.54) is 11.8 Å². The second-order valence-corrected chi connectivity index (χ2v) is 4.08. The van der Waals surface area contributed by atoms with Crippen LogP contribution >= 0.6 is 11.8 Å². The summed E-state index contributed by atoms with van der Waals surface area (Å²) in [6.45, 7) is 0. The van der Waals surface area contributed by atoms with E-state index >= 15 is 0 Å². The Hall–Kier alpha value is -1.82. The van der Waals surface area contributed by atoms with Gasteiger partial charge in [-0.15, -0.1) is 0 Å². The molecule has 16 heavy (non-hydrogen) atoms. The Bertz CT molecular complexity index is 474. The summed E-state index contributed by atoms with van der Waals surface area (Å²) in [6.07, 6.45) is 3.48. The Morgan fingerprint density at radius 2 is 2.00 bits per heavy atom. The zero-order valence-electron chi connectivity index (χ0n) is 8.71. The van der Waals surface area contributed by atoms with Gasteiger partial charge in [-0.3, -0.25) is 4.98 Å². The summed E-state index contributed by atoms with van der Waals surface area (Å²) in [7, 11) is 1.79. The molecule has 0 aliphatic carbocycles. The van der Waals surface area contributed by atoms with Crippen LogP contribution in [-0.4, -0.2) is 22.0 Å². The minimum atomic E-state index is 0.267. The minimum Gasteiger partial charge on any atom is -0.373 e. The summed E-state index contributed by atoms with van der Waals surface area (Å²) in [4.78, 5) is 13.2. The second kappa shape index (κ2) is 4.80. The molecule has 2 aromatic rings. The molecular formula is C10H11N5S. The molecule has 5 nitrogen and oxygen atoms in total. The molecule has 0 unspecified atom stereocenters. The van der Waals surface area contributed by atoms with Crippen molar-refractivity contribution < 1.29 is 0 Å². The van der Waals surface area contributed by atoms with Crippen LogP contribution in [0.5, 0.6) is 0 Å². The molecule has 0 saturated heterocycles. The monoisotopic (exact) mass is 233 g/mol. The van der Waals surface area contributed by atoms with Crippen LogP contribution in [0.25, 0.3) is 0 Å². The van der Waals surface area contributed by atoms with Gasteiger partial charge in [0, 0.05) is 30.4 Å². The van der Waals surface area contributed by atoms with Gasteiger partial charge in [0.25, 0.3) is 0 Å². The van der Waals surface area contributed by atoms with Crippen LogP contribution < -0.4 is 11.1 Å². The molecule has 0 fully saturated rings. The Labute approximate surface area is 97.5 Å². The van der Waals surface area contributed by atoms with E-state index in [4.69, 9.17) is 5.73 Å². The molecule has 0 saturated carbocycles. The SMILES string of the molecule is CNc1cc(Sc2ccncc2)nc(N)n1. The van der Waals surface area contributed by atoms with E-state index in [0.29, 0.717) is 5.82 Å². The molecule has 2 rings (SSSR count). The summed E-state index contributed by atoms with van der Waals surface area (Å²) in [5, 5.41) is 3.75. The predicted molar refractivity (Wildman–Crippen MR) is 64.4 cm³/mol. The van der Waals surface area contributed by atoms with Crippen LogP contribution in [0.15, 0.2) is 40.5 Å². The first-order valence-corrected chi connectivity index (χ1v) is 5.50. The van der Waals surface area contributed by atoms with Gasteiger partial charge in [-0.1, -0.05) is 11.8 Å². The predicted octanol–water partition coefficient (Wildman–Crippen LogP) is 1.65. The number of nitrogens with one attached hydrogen (secondary N) is 1. The molecule has 0 radical (unpaired) electrons. The Balaban J connectivity index is 2.24. The van der Waals surface area contributed by atoms with Crippen LogP contribution in [-0.2, 0) is 0 Å². The number of rotatable bonds is 3. The van der Waals surface area contributed by atoms with Gasteiger partial charge < -0.3 is 11.1 Å². The van der Waals surface area contributed by atoms with Crippen molar-refractivity contribution in [2.75, 3.05) is 18.1 Å². The third-order valence-corrected chi connectivity index (χ3v) is 2.77. The molecule has 0 aliphatic rings. The highest BCUT2D eigenvalue weighted by atomic mass is 32.2. The maximum absolute atomic E-state index is 5.60. The Morgan fingerprint density at radius 1 is 1.25 bits per heavy atom. The zero-order valence-corrected chi connectivity index (χ0v) is 9.53. The highest BCUT2D eigenvalue weighted by Gasteiger charge is 2.03. The lowest BCUT2D eigenvalue weighted by Gasteiger charge is -2.04.